The first-order chi connectivity index (χ1) is 18.1. The number of amides is 2. The predicted molar refractivity (Wildman–Crippen MR) is 137 cm³/mol. The summed E-state index contributed by atoms with van der Waals surface area (Å²) in [4.78, 5) is 25.0. The SMILES string of the molecule is O=C(CSc1nnc(CNC(=O)c2cccc(F)c2)n1-c1ccc(Br)cc1)Nc1ccccc1C(F)(F)F. The predicted octanol–water partition coefficient (Wildman–Crippen LogP) is 5.85. The number of halogens is 5. The molecule has 4 rings (SSSR count). The Labute approximate surface area is 226 Å². The number of nitrogens with one attached hydrogen (secondary N) is 2. The molecule has 2 amide bonds. The number of hydrogen-bond donors (Lipinski definition) is 2. The minimum atomic E-state index is -4.62. The van der Waals surface area contributed by atoms with Gasteiger partial charge in [-0.3, -0.25) is 14.2 Å². The van der Waals surface area contributed by atoms with Crippen molar-refractivity contribution in [2.75, 3.05) is 11.1 Å². The molecular weight excluding hydrogens is 590 g/mol. The molecule has 4 aromatic rings. The van der Waals surface area contributed by atoms with E-state index in [0.717, 1.165) is 28.4 Å². The number of nitrogens with zero attached hydrogens (tertiary/aromatic N) is 3. The number of aromatic nitrogens is 3. The first kappa shape index (κ1) is 27.3. The van der Waals surface area contributed by atoms with Crippen LogP contribution in [0.5, 0.6) is 0 Å². The van der Waals surface area contributed by atoms with Crippen LogP contribution >= 0.6 is 27.7 Å². The Bertz CT molecular complexity index is 1460. The van der Waals surface area contributed by atoms with Gasteiger partial charge >= 0.3 is 6.18 Å². The van der Waals surface area contributed by atoms with Crippen molar-refractivity contribution in [2.45, 2.75) is 17.9 Å². The van der Waals surface area contributed by atoms with Gasteiger partial charge in [-0.2, -0.15) is 13.2 Å². The van der Waals surface area contributed by atoms with E-state index in [1.807, 2.05) is 0 Å². The number of carbonyl (C=O) groups excluding carboxylic acids is 2. The summed E-state index contributed by atoms with van der Waals surface area (Å²) in [6.45, 7) is -0.0654. The average molecular weight is 608 g/mol. The molecule has 0 saturated carbocycles. The van der Waals surface area contributed by atoms with Gasteiger partial charge in [0.15, 0.2) is 11.0 Å². The Hall–Kier alpha value is -3.71. The lowest BCUT2D eigenvalue weighted by molar-refractivity contribution is -0.137. The Morgan fingerprint density at radius 1 is 0.974 bits per heavy atom. The largest absolute Gasteiger partial charge is 0.418 e. The summed E-state index contributed by atoms with van der Waals surface area (Å²) in [5, 5.41) is 13.5. The van der Waals surface area contributed by atoms with Crippen molar-refractivity contribution >= 4 is 45.2 Å². The van der Waals surface area contributed by atoms with Gasteiger partial charge in [0.1, 0.15) is 5.82 Å². The molecule has 3 aromatic carbocycles. The second-order valence-corrected chi connectivity index (χ2v) is 9.64. The monoisotopic (exact) mass is 607 g/mol. The lowest BCUT2D eigenvalue weighted by Gasteiger charge is -2.14. The molecule has 13 heteroatoms. The summed E-state index contributed by atoms with van der Waals surface area (Å²) < 4.78 is 55.6. The molecule has 0 radical (unpaired) electrons. The second-order valence-electron chi connectivity index (χ2n) is 7.78. The molecule has 1 aromatic heterocycles. The highest BCUT2D eigenvalue weighted by atomic mass is 79.9. The topological polar surface area (TPSA) is 88.9 Å². The van der Waals surface area contributed by atoms with Crippen molar-refractivity contribution in [3.05, 3.63) is 100 Å². The van der Waals surface area contributed by atoms with Gasteiger partial charge in [-0.1, -0.05) is 45.9 Å². The lowest BCUT2D eigenvalue weighted by Crippen LogP contribution is -2.24. The van der Waals surface area contributed by atoms with Crippen molar-refractivity contribution in [1.29, 1.82) is 0 Å². The smallest absolute Gasteiger partial charge is 0.345 e. The summed E-state index contributed by atoms with van der Waals surface area (Å²) in [6.07, 6.45) is -4.62. The van der Waals surface area contributed by atoms with Gasteiger partial charge in [0.05, 0.1) is 23.5 Å². The van der Waals surface area contributed by atoms with Gasteiger partial charge < -0.3 is 10.6 Å². The van der Waals surface area contributed by atoms with E-state index in [-0.39, 0.29) is 28.7 Å². The zero-order valence-corrected chi connectivity index (χ0v) is 21.7. The van der Waals surface area contributed by atoms with Crippen LogP contribution in [0.3, 0.4) is 0 Å². The molecule has 0 aliphatic carbocycles. The number of para-hydroxylation sites is 1. The molecule has 0 fully saturated rings. The number of alkyl halides is 3. The highest BCUT2D eigenvalue weighted by molar-refractivity contribution is 9.10. The van der Waals surface area contributed by atoms with Crippen LogP contribution in [0.25, 0.3) is 5.69 Å². The standard InChI is InChI=1S/C25H18BrF4N5O2S/c26-16-8-10-18(11-9-16)35-21(13-31-23(37)15-4-3-5-17(27)12-15)33-34-24(35)38-14-22(36)32-20-7-2-1-6-19(20)25(28,29)30/h1-12H,13-14H2,(H,31,37)(H,32,36). The highest BCUT2D eigenvalue weighted by Crippen LogP contribution is 2.34. The molecule has 0 spiro atoms. The molecule has 2 N–H and O–H groups in total. The van der Waals surface area contributed by atoms with E-state index in [1.165, 1.54) is 36.4 Å². The van der Waals surface area contributed by atoms with E-state index in [4.69, 9.17) is 0 Å². The summed E-state index contributed by atoms with van der Waals surface area (Å²) in [7, 11) is 0. The third kappa shape index (κ3) is 6.78. The molecule has 0 aliphatic rings. The summed E-state index contributed by atoms with van der Waals surface area (Å²) in [6, 6.07) is 17.0. The molecule has 0 aliphatic heterocycles. The zero-order chi connectivity index (χ0) is 27.3. The molecule has 1 heterocycles. The number of hydrogen-bond acceptors (Lipinski definition) is 5. The maximum atomic E-state index is 13.5. The molecule has 0 saturated heterocycles. The maximum absolute atomic E-state index is 13.5. The second kappa shape index (κ2) is 11.8. The number of anilines is 1. The minimum Gasteiger partial charge on any atom is -0.345 e. The van der Waals surface area contributed by atoms with Crippen molar-refractivity contribution in [3.8, 4) is 5.69 Å². The molecule has 38 heavy (non-hydrogen) atoms. The molecule has 0 atom stereocenters. The Morgan fingerprint density at radius 3 is 2.42 bits per heavy atom. The first-order valence-electron chi connectivity index (χ1n) is 10.9. The average Bonchev–Trinajstić information content (AvgIpc) is 3.29. The molecule has 0 bridgehead atoms. The van der Waals surface area contributed by atoms with Gasteiger partial charge in [-0.05, 0) is 54.6 Å². The van der Waals surface area contributed by atoms with Crippen molar-refractivity contribution < 1.29 is 27.2 Å². The number of thioether (sulfide) groups is 1. The van der Waals surface area contributed by atoms with Gasteiger partial charge in [0.25, 0.3) is 5.91 Å². The van der Waals surface area contributed by atoms with Crippen LogP contribution in [0.1, 0.15) is 21.7 Å². The number of carbonyl (C=O) groups is 2. The Balaban J connectivity index is 1.51. The zero-order valence-electron chi connectivity index (χ0n) is 19.3. The van der Waals surface area contributed by atoms with E-state index in [0.29, 0.717) is 11.5 Å². The van der Waals surface area contributed by atoms with Crippen LogP contribution in [-0.2, 0) is 17.5 Å². The normalized spacial score (nSPS) is 11.3. The Kier molecular flexibility index (Phi) is 8.47. The van der Waals surface area contributed by atoms with Gasteiger partial charge in [0.2, 0.25) is 5.91 Å². The van der Waals surface area contributed by atoms with Crippen molar-refractivity contribution in [3.63, 3.8) is 0 Å². The number of rotatable bonds is 8. The van der Waals surface area contributed by atoms with Gasteiger partial charge in [-0.25, -0.2) is 4.39 Å². The third-order valence-corrected chi connectivity index (χ3v) is 6.58. The Morgan fingerprint density at radius 2 is 1.71 bits per heavy atom. The van der Waals surface area contributed by atoms with Crippen LogP contribution in [0, 0.1) is 5.82 Å². The van der Waals surface area contributed by atoms with Crippen LogP contribution in [0.4, 0.5) is 23.2 Å². The van der Waals surface area contributed by atoms with Crippen LogP contribution < -0.4 is 10.6 Å². The van der Waals surface area contributed by atoms with Crippen molar-refractivity contribution in [1.82, 2.24) is 20.1 Å². The van der Waals surface area contributed by atoms with Gasteiger partial charge in [-0.15, -0.1) is 10.2 Å². The summed E-state index contributed by atoms with van der Waals surface area (Å²) >= 11 is 4.32. The van der Waals surface area contributed by atoms with Gasteiger partial charge in [0, 0.05) is 15.7 Å². The molecule has 196 valence electrons. The van der Waals surface area contributed by atoms with E-state index < -0.39 is 29.4 Å². The van der Waals surface area contributed by atoms with Crippen LogP contribution in [-0.4, -0.2) is 32.3 Å². The summed E-state index contributed by atoms with van der Waals surface area (Å²) in [5.41, 5.74) is -0.544. The van der Waals surface area contributed by atoms with E-state index in [2.05, 4.69) is 36.8 Å². The molecular formula is C25H18BrF4N5O2S. The quantitative estimate of drug-likeness (QED) is 0.194. The highest BCUT2D eigenvalue weighted by Gasteiger charge is 2.33. The summed E-state index contributed by atoms with van der Waals surface area (Å²) in [5.74, 6) is -1.67. The maximum Gasteiger partial charge on any atom is 0.418 e. The number of benzene rings is 3. The minimum absolute atomic E-state index is 0.0654. The van der Waals surface area contributed by atoms with E-state index in [9.17, 15) is 27.2 Å². The van der Waals surface area contributed by atoms with Crippen molar-refractivity contribution in [2.24, 2.45) is 0 Å². The van der Waals surface area contributed by atoms with Crippen LogP contribution in [0.2, 0.25) is 0 Å². The molecule has 0 unspecified atom stereocenters. The van der Waals surface area contributed by atoms with E-state index >= 15 is 0 Å². The fraction of sp³-hybridized carbons (Fsp3) is 0.120. The van der Waals surface area contributed by atoms with Crippen LogP contribution in [0.15, 0.2) is 82.4 Å². The molecule has 7 nitrogen and oxygen atoms in total. The van der Waals surface area contributed by atoms with E-state index in [1.54, 1.807) is 28.8 Å². The first-order valence-corrected chi connectivity index (χ1v) is 12.7. The fourth-order valence-corrected chi connectivity index (χ4v) is 4.44. The fourth-order valence-electron chi connectivity index (χ4n) is 3.40. The third-order valence-electron chi connectivity index (χ3n) is 5.12. The lowest BCUT2D eigenvalue weighted by atomic mass is 10.1.